The number of thioether (sulfide) groups is 1. The number of nitrogens with two attached hydrogens (primary N) is 1. The Morgan fingerprint density at radius 2 is 2.28 bits per heavy atom. The molecule has 1 aromatic rings. The molecule has 0 saturated carbocycles. The highest BCUT2D eigenvalue weighted by Crippen LogP contribution is 2.26. The molecule has 0 aliphatic heterocycles. The number of benzene rings is 1. The zero-order valence-electron chi connectivity index (χ0n) is 10.2. The van der Waals surface area contributed by atoms with Crippen molar-refractivity contribution in [2.24, 2.45) is 5.73 Å². The molecule has 0 unspecified atom stereocenters. The first kappa shape index (κ1) is 14.8. The third-order valence-electron chi connectivity index (χ3n) is 2.01. The molecule has 0 aliphatic carbocycles. The van der Waals surface area contributed by atoms with Gasteiger partial charge in [0, 0.05) is 17.2 Å². The molecule has 0 heterocycles. The van der Waals surface area contributed by atoms with Crippen LogP contribution in [0.5, 0.6) is 0 Å². The van der Waals surface area contributed by atoms with Crippen LogP contribution in [0, 0.1) is 0 Å². The quantitative estimate of drug-likeness (QED) is 0.428. The summed E-state index contributed by atoms with van der Waals surface area (Å²) in [6, 6.07) is 7.65. The van der Waals surface area contributed by atoms with Gasteiger partial charge in [0.25, 0.3) is 0 Å². The maximum absolute atomic E-state index is 11.6. The van der Waals surface area contributed by atoms with Gasteiger partial charge in [0.2, 0.25) is 5.91 Å². The third-order valence-corrected chi connectivity index (χ3v) is 3.08. The average Bonchev–Trinajstić information content (AvgIpc) is 2.38. The molecule has 1 amide bonds. The van der Waals surface area contributed by atoms with E-state index < -0.39 is 0 Å². The van der Waals surface area contributed by atoms with Crippen LogP contribution in [0.4, 0.5) is 5.69 Å². The van der Waals surface area contributed by atoms with Crippen LogP contribution in [0.2, 0.25) is 0 Å². The van der Waals surface area contributed by atoms with Crippen LogP contribution < -0.4 is 11.1 Å². The summed E-state index contributed by atoms with van der Waals surface area (Å²) >= 11 is 1.62. The normalized spacial score (nSPS) is 10.1. The summed E-state index contributed by atoms with van der Waals surface area (Å²) in [5, 5.41) is 2.82. The molecule has 5 heteroatoms. The minimum absolute atomic E-state index is 0.0255. The summed E-state index contributed by atoms with van der Waals surface area (Å²) in [5.74, 6) is 0.631. The van der Waals surface area contributed by atoms with Crippen LogP contribution in [-0.4, -0.2) is 31.4 Å². The molecule has 0 bridgehead atoms. The number of hydrogen-bond donors (Lipinski definition) is 2. The SMILES string of the molecule is C=CCSc1ccccc1NC(=O)COCCN. The predicted octanol–water partition coefficient (Wildman–Crippen LogP) is 1.88. The van der Waals surface area contributed by atoms with E-state index in [0.717, 1.165) is 16.3 Å². The van der Waals surface area contributed by atoms with E-state index in [-0.39, 0.29) is 12.5 Å². The first-order valence-corrected chi connectivity index (χ1v) is 6.67. The van der Waals surface area contributed by atoms with Gasteiger partial charge in [-0.15, -0.1) is 18.3 Å². The van der Waals surface area contributed by atoms with Crippen molar-refractivity contribution in [3.05, 3.63) is 36.9 Å². The number of rotatable bonds is 8. The van der Waals surface area contributed by atoms with E-state index >= 15 is 0 Å². The Labute approximate surface area is 112 Å². The van der Waals surface area contributed by atoms with Crippen LogP contribution in [0.15, 0.2) is 41.8 Å². The van der Waals surface area contributed by atoms with Crippen molar-refractivity contribution in [2.45, 2.75) is 4.90 Å². The van der Waals surface area contributed by atoms with E-state index in [1.54, 1.807) is 11.8 Å². The Hall–Kier alpha value is -1.30. The average molecular weight is 266 g/mol. The van der Waals surface area contributed by atoms with Crippen molar-refractivity contribution in [3.8, 4) is 0 Å². The van der Waals surface area contributed by atoms with Gasteiger partial charge in [0.15, 0.2) is 0 Å². The smallest absolute Gasteiger partial charge is 0.250 e. The lowest BCUT2D eigenvalue weighted by molar-refractivity contribution is -0.120. The molecule has 0 radical (unpaired) electrons. The Morgan fingerprint density at radius 1 is 1.50 bits per heavy atom. The number of carbonyl (C=O) groups is 1. The fourth-order valence-electron chi connectivity index (χ4n) is 1.28. The molecule has 18 heavy (non-hydrogen) atoms. The monoisotopic (exact) mass is 266 g/mol. The first-order valence-electron chi connectivity index (χ1n) is 5.68. The molecule has 3 N–H and O–H groups in total. The van der Waals surface area contributed by atoms with Crippen molar-refractivity contribution in [1.82, 2.24) is 0 Å². The van der Waals surface area contributed by atoms with Crippen molar-refractivity contribution in [1.29, 1.82) is 0 Å². The van der Waals surface area contributed by atoms with E-state index in [2.05, 4.69) is 11.9 Å². The van der Waals surface area contributed by atoms with Gasteiger partial charge in [-0.05, 0) is 12.1 Å². The van der Waals surface area contributed by atoms with Gasteiger partial charge in [0.1, 0.15) is 6.61 Å². The molecular weight excluding hydrogens is 248 g/mol. The fourth-order valence-corrected chi connectivity index (χ4v) is 2.03. The summed E-state index contributed by atoms with van der Waals surface area (Å²) in [6.45, 7) is 4.51. The molecule has 0 aliphatic rings. The summed E-state index contributed by atoms with van der Waals surface area (Å²) in [4.78, 5) is 12.6. The Kier molecular flexibility index (Phi) is 7.17. The van der Waals surface area contributed by atoms with Gasteiger partial charge in [-0.1, -0.05) is 18.2 Å². The van der Waals surface area contributed by atoms with Gasteiger partial charge in [-0.25, -0.2) is 0 Å². The van der Waals surface area contributed by atoms with Crippen LogP contribution in [0.3, 0.4) is 0 Å². The number of ether oxygens (including phenoxy) is 1. The third kappa shape index (κ3) is 5.35. The lowest BCUT2D eigenvalue weighted by Crippen LogP contribution is -2.21. The molecule has 0 saturated heterocycles. The summed E-state index contributed by atoms with van der Waals surface area (Å²) in [6.07, 6.45) is 1.83. The van der Waals surface area contributed by atoms with Crippen LogP contribution in [0.25, 0.3) is 0 Å². The Morgan fingerprint density at radius 3 is 3.00 bits per heavy atom. The number of anilines is 1. The minimum Gasteiger partial charge on any atom is -0.370 e. The molecule has 1 rings (SSSR count). The summed E-state index contributed by atoms with van der Waals surface area (Å²) in [5.41, 5.74) is 6.07. The van der Waals surface area contributed by atoms with Crippen molar-refractivity contribution in [2.75, 3.05) is 30.8 Å². The lowest BCUT2D eigenvalue weighted by atomic mass is 10.3. The molecule has 0 aromatic heterocycles. The number of para-hydroxylation sites is 1. The lowest BCUT2D eigenvalue weighted by Gasteiger charge is -2.10. The molecular formula is C13H18N2O2S. The van der Waals surface area contributed by atoms with Crippen LogP contribution in [-0.2, 0) is 9.53 Å². The Balaban J connectivity index is 2.54. The van der Waals surface area contributed by atoms with E-state index in [4.69, 9.17) is 10.5 Å². The van der Waals surface area contributed by atoms with Gasteiger partial charge < -0.3 is 15.8 Å². The van der Waals surface area contributed by atoms with E-state index in [0.29, 0.717) is 13.2 Å². The fraction of sp³-hybridized carbons (Fsp3) is 0.308. The zero-order valence-corrected chi connectivity index (χ0v) is 11.0. The topological polar surface area (TPSA) is 64.3 Å². The summed E-state index contributed by atoms with van der Waals surface area (Å²) in [7, 11) is 0. The highest BCUT2D eigenvalue weighted by molar-refractivity contribution is 7.99. The van der Waals surface area contributed by atoms with Crippen molar-refractivity contribution < 1.29 is 9.53 Å². The molecule has 0 fully saturated rings. The number of carbonyl (C=O) groups excluding carboxylic acids is 1. The van der Waals surface area contributed by atoms with Crippen molar-refractivity contribution in [3.63, 3.8) is 0 Å². The van der Waals surface area contributed by atoms with E-state index in [1.807, 2.05) is 30.3 Å². The maximum Gasteiger partial charge on any atom is 0.250 e. The molecule has 0 spiro atoms. The molecule has 1 aromatic carbocycles. The standard InChI is InChI=1S/C13H18N2O2S/c1-2-9-18-12-6-4-3-5-11(12)15-13(16)10-17-8-7-14/h2-6H,1,7-10,14H2,(H,15,16). The van der Waals surface area contributed by atoms with E-state index in [9.17, 15) is 4.79 Å². The minimum atomic E-state index is -0.171. The summed E-state index contributed by atoms with van der Waals surface area (Å²) < 4.78 is 5.08. The molecule has 0 atom stereocenters. The van der Waals surface area contributed by atoms with Gasteiger partial charge in [-0.3, -0.25) is 4.79 Å². The molecule has 4 nitrogen and oxygen atoms in total. The highest BCUT2D eigenvalue weighted by atomic mass is 32.2. The highest BCUT2D eigenvalue weighted by Gasteiger charge is 2.06. The molecule has 98 valence electrons. The Bertz CT molecular complexity index is 396. The predicted molar refractivity (Wildman–Crippen MR) is 75.9 cm³/mol. The van der Waals surface area contributed by atoms with Gasteiger partial charge in [0.05, 0.1) is 12.3 Å². The second-order valence-corrected chi connectivity index (χ2v) is 4.55. The van der Waals surface area contributed by atoms with Crippen LogP contribution in [0.1, 0.15) is 0 Å². The zero-order chi connectivity index (χ0) is 13.2. The number of hydrogen-bond acceptors (Lipinski definition) is 4. The van der Waals surface area contributed by atoms with Gasteiger partial charge in [-0.2, -0.15) is 0 Å². The number of nitrogens with one attached hydrogen (secondary N) is 1. The van der Waals surface area contributed by atoms with Crippen molar-refractivity contribution >= 4 is 23.4 Å². The number of amides is 1. The second kappa shape index (κ2) is 8.74. The van der Waals surface area contributed by atoms with Crippen LogP contribution >= 0.6 is 11.8 Å². The second-order valence-electron chi connectivity index (χ2n) is 3.49. The largest absolute Gasteiger partial charge is 0.370 e. The first-order chi connectivity index (χ1) is 8.77. The van der Waals surface area contributed by atoms with E-state index in [1.165, 1.54) is 0 Å². The maximum atomic E-state index is 11.6. The van der Waals surface area contributed by atoms with Gasteiger partial charge >= 0.3 is 0 Å².